The lowest BCUT2D eigenvalue weighted by molar-refractivity contribution is 1.34. The number of aromatic nitrogens is 1. The van der Waals surface area contributed by atoms with Crippen LogP contribution in [-0.2, 0) is 0 Å². The van der Waals surface area contributed by atoms with Crippen molar-refractivity contribution in [3.63, 3.8) is 0 Å². The van der Waals surface area contributed by atoms with Gasteiger partial charge in [0.05, 0.1) is 5.52 Å². The quantitative estimate of drug-likeness (QED) is 0.621. The van der Waals surface area contributed by atoms with Gasteiger partial charge in [-0.25, -0.2) is 0 Å². The van der Waals surface area contributed by atoms with Gasteiger partial charge in [0.2, 0.25) is 0 Å². The lowest BCUT2D eigenvalue weighted by Gasteiger charge is -2.04. The van der Waals surface area contributed by atoms with Gasteiger partial charge in [0, 0.05) is 16.6 Å². The minimum absolute atomic E-state index is 0.779. The summed E-state index contributed by atoms with van der Waals surface area (Å²) in [5.41, 5.74) is 3.39. The Morgan fingerprint density at radius 3 is 2.69 bits per heavy atom. The summed E-state index contributed by atoms with van der Waals surface area (Å²) in [6.45, 7) is 4.10. The van der Waals surface area contributed by atoms with Crippen LogP contribution >= 0.6 is 11.6 Å². The monoisotopic (exact) mass is 191 g/mol. The molecule has 1 nitrogen and oxygen atoms in total. The van der Waals surface area contributed by atoms with E-state index in [0.717, 1.165) is 21.5 Å². The first-order valence-corrected chi connectivity index (χ1v) is 4.58. The molecular weight excluding hydrogens is 182 g/mol. The first-order valence-electron chi connectivity index (χ1n) is 4.20. The molecule has 2 heteroatoms. The Bertz CT molecular complexity index is 463. The van der Waals surface area contributed by atoms with Crippen molar-refractivity contribution >= 4 is 22.5 Å². The van der Waals surface area contributed by atoms with E-state index in [0.29, 0.717) is 0 Å². The molecule has 66 valence electrons. The summed E-state index contributed by atoms with van der Waals surface area (Å²) in [6.07, 6.45) is 1.83. The third-order valence-corrected chi connectivity index (χ3v) is 2.44. The molecule has 1 heterocycles. The largest absolute Gasteiger partial charge is 0.256 e. The molecule has 0 unspecified atom stereocenters. The average molecular weight is 192 g/mol. The summed E-state index contributed by atoms with van der Waals surface area (Å²) in [5.74, 6) is 0. The number of fused-ring (bicyclic) bond motifs is 1. The first kappa shape index (κ1) is 8.52. The highest BCUT2D eigenvalue weighted by atomic mass is 35.5. The van der Waals surface area contributed by atoms with Gasteiger partial charge in [0.25, 0.3) is 0 Å². The zero-order chi connectivity index (χ0) is 9.42. The zero-order valence-corrected chi connectivity index (χ0v) is 8.39. The molecule has 2 rings (SSSR count). The third kappa shape index (κ3) is 1.40. The van der Waals surface area contributed by atoms with E-state index in [1.165, 1.54) is 5.56 Å². The lowest BCUT2D eigenvalue weighted by Crippen LogP contribution is -1.85. The molecule has 1 aromatic heterocycles. The number of aryl methyl sites for hydroxylation is 2. The second-order valence-corrected chi connectivity index (χ2v) is 3.68. The summed E-state index contributed by atoms with van der Waals surface area (Å²) < 4.78 is 0. The van der Waals surface area contributed by atoms with Crippen molar-refractivity contribution in [3.8, 4) is 0 Å². The van der Waals surface area contributed by atoms with E-state index in [9.17, 15) is 0 Å². The van der Waals surface area contributed by atoms with Crippen molar-refractivity contribution in [2.75, 3.05) is 0 Å². The molecule has 0 spiro atoms. The summed E-state index contributed by atoms with van der Waals surface area (Å²) in [7, 11) is 0. The number of rotatable bonds is 0. The van der Waals surface area contributed by atoms with E-state index in [1.54, 1.807) is 0 Å². The Hall–Kier alpha value is -1.08. The fraction of sp³-hybridized carbons (Fsp3) is 0.182. The maximum Gasteiger partial charge on any atom is 0.0734 e. The summed E-state index contributed by atoms with van der Waals surface area (Å²) in [4.78, 5) is 4.32. The maximum atomic E-state index is 5.97. The standard InChI is InChI=1S/C11H10ClN/c1-7-3-4-13-11-8(2)5-9(12)6-10(7)11/h3-6H,1-2H3. The van der Waals surface area contributed by atoms with Crippen molar-refractivity contribution in [1.82, 2.24) is 4.98 Å². The molecule has 0 aliphatic heterocycles. The van der Waals surface area contributed by atoms with Crippen LogP contribution < -0.4 is 0 Å². The van der Waals surface area contributed by atoms with Crippen LogP contribution in [0.3, 0.4) is 0 Å². The second-order valence-electron chi connectivity index (χ2n) is 3.25. The number of halogens is 1. The van der Waals surface area contributed by atoms with Gasteiger partial charge in [-0.3, -0.25) is 4.98 Å². The van der Waals surface area contributed by atoms with Crippen molar-refractivity contribution in [3.05, 3.63) is 40.5 Å². The number of hydrogen-bond acceptors (Lipinski definition) is 1. The second kappa shape index (κ2) is 3.00. The van der Waals surface area contributed by atoms with Gasteiger partial charge in [0.1, 0.15) is 0 Å². The Morgan fingerprint density at radius 1 is 1.15 bits per heavy atom. The van der Waals surface area contributed by atoms with Gasteiger partial charge in [-0.05, 0) is 43.2 Å². The average Bonchev–Trinajstić information content (AvgIpc) is 2.07. The van der Waals surface area contributed by atoms with Gasteiger partial charge in [-0.2, -0.15) is 0 Å². The van der Waals surface area contributed by atoms with Crippen molar-refractivity contribution in [1.29, 1.82) is 0 Å². The molecule has 0 bridgehead atoms. The van der Waals surface area contributed by atoms with E-state index in [4.69, 9.17) is 11.6 Å². The molecule has 0 N–H and O–H groups in total. The molecule has 2 aromatic rings. The fourth-order valence-electron chi connectivity index (χ4n) is 1.52. The fourth-order valence-corrected chi connectivity index (χ4v) is 1.79. The van der Waals surface area contributed by atoms with Crippen molar-refractivity contribution in [2.45, 2.75) is 13.8 Å². The Balaban J connectivity index is 2.94. The van der Waals surface area contributed by atoms with Crippen LogP contribution in [0, 0.1) is 13.8 Å². The molecule has 0 radical (unpaired) electrons. The number of nitrogens with zero attached hydrogens (tertiary/aromatic N) is 1. The van der Waals surface area contributed by atoms with Crippen LogP contribution in [0.25, 0.3) is 10.9 Å². The highest BCUT2D eigenvalue weighted by Crippen LogP contribution is 2.23. The summed E-state index contributed by atoms with van der Waals surface area (Å²) >= 11 is 5.97. The predicted octanol–water partition coefficient (Wildman–Crippen LogP) is 3.51. The minimum atomic E-state index is 0.779. The van der Waals surface area contributed by atoms with E-state index < -0.39 is 0 Å². The van der Waals surface area contributed by atoms with Crippen LogP contribution in [0.5, 0.6) is 0 Å². The molecule has 0 atom stereocenters. The molecule has 0 amide bonds. The number of benzene rings is 1. The smallest absolute Gasteiger partial charge is 0.0734 e. The van der Waals surface area contributed by atoms with Gasteiger partial charge in [0.15, 0.2) is 0 Å². The number of pyridine rings is 1. The zero-order valence-electron chi connectivity index (χ0n) is 7.63. The lowest BCUT2D eigenvalue weighted by atomic mass is 10.1. The highest BCUT2D eigenvalue weighted by molar-refractivity contribution is 6.31. The van der Waals surface area contributed by atoms with Gasteiger partial charge >= 0.3 is 0 Å². The number of hydrogen-bond donors (Lipinski definition) is 0. The topological polar surface area (TPSA) is 12.9 Å². The van der Waals surface area contributed by atoms with Crippen molar-refractivity contribution < 1.29 is 0 Å². The van der Waals surface area contributed by atoms with Gasteiger partial charge in [-0.1, -0.05) is 11.6 Å². The molecule has 0 fully saturated rings. The summed E-state index contributed by atoms with van der Waals surface area (Å²) in [6, 6.07) is 5.90. The molecule has 0 saturated heterocycles. The van der Waals surface area contributed by atoms with Crippen molar-refractivity contribution in [2.24, 2.45) is 0 Å². The molecule has 0 aliphatic carbocycles. The normalized spacial score (nSPS) is 10.7. The molecular formula is C11H10ClN. The Labute approximate surface area is 82.4 Å². The maximum absolute atomic E-state index is 5.97. The van der Waals surface area contributed by atoms with Crippen LogP contribution in [0.15, 0.2) is 24.4 Å². The van der Waals surface area contributed by atoms with E-state index in [-0.39, 0.29) is 0 Å². The van der Waals surface area contributed by atoms with E-state index in [1.807, 2.05) is 31.3 Å². The van der Waals surface area contributed by atoms with Crippen LogP contribution in [-0.4, -0.2) is 4.98 Å². The van der Waals surface area contributed by atoms with Crippen LogP contribution in [0.1, 0.15) is 11.1 Å². The van der Waals surface area contributed by atoms with Crippen LogP contribution in [0.2, 0.25) is 5.02 Å². The SMILES string of the molecule is Cc1ccnc2c(C)cc(Cl)cc12. The van der Waals surface area contributed by atoms with E-state index >= 15 is 0 Å². The van der Waals surface area contributed by atoms with E-state index in [2.05, 4.69) is 11.9 Å². The van der Waals surface area contributed by atoms with Gasteiger partial charge in [-0.15, -0.1) is 0 Å². The molecule has 0 saturated carbocycles. The molecule has 13 heavy (non-hydrogen) atoms. The first-order chi connectivity index (χ1) is 6.18. The highest BCUT2D eigenvalue weighted by Gasteiger charge is 2.02. The Morgan fingerprint density at radius 2 is 1.92 bits per heavy atom. The predicted molar refractivity (Wildman–Crippen MR) is 56.2 cm³/mol. The molecule has 1 aromatic carbocycles. The minimum Gasteiger partial charge on any atom is -0.256 e. The third-order valence-electron chi connectivity index (χ3n) is 2.22. The molecule has 0 aliphatic rings. The van der Waals surface area contributed by atoms with Gasteiger partial charge < -0.3 is 0 Å². The Kier molecular flexibility index (Phi) is 1.97. The van der Waals surface area contributed by atoms with Crippen LogP contribution in [0.4, 0.5) is 0 Å². The summed E-state index contributed by atoms with van der Waals surface area (Å²) in [5, 5.41) is 1.92.